The van der Waals surface area contributed by atoms with Crippen molar-refractivity contribution < 1.29 is 9.15 Å². The van der Waals surface area contributed by atoms with Crippen molar-refractivity contribution in [2.24, 2.45) is 0 Å². The van der Waals surface area contributed by atoms with Crippen LogP contribution >= 0.6 is 27.5 Å². The van der Waals surface area contributed by atoms with Gasteiger partial charge in [-0.3, -0.25) is 4.68 Å². The van der Waals surface area contributed by atoms with Crippen molar-refractivity contribution in [2.45, 2.75) is 33.4 Å². The van der Waals surface area contributed by atoms with Crippen LogP contribution in [0.2, 0.25) is 5.02 Å². The Balaban J connectivity index is 1.37. The maximum Gasteiger partial charge on any atom is 0.247 e. The van der Waals surface area contributed by atoms with Crippen molar-refractivity contribution in [3.63, 3.8) is 0 Å². The van der Waals surface area contributed by atoms with Crippen LogP contribution in [0.3, 0.4) is 0 Å². The molecular formula is C22H20BrClN4O2. The van der Waals surface area contributed by atoms with Gasteiger partial charge in [-0.15, -0.1) is 10.2 Å². The second kappa shape index (κ2) is 9.02. The number of hydrogen-bond acceptors (Lipinski definition) is 5. The number of para-hydroxylation sites is 1. The first-order valence-electron chi connectivity index (χ1n) is 9.50. The van der Waals surface area contributed by atoms with Crippen LogP contribution in [-0.2, 0) is 19.6 Å². The lowest BCUT2D eigenvalue weighted by Crippen LogP contribution is -2.05. The number of nitrogens with zero attached hydrogens (tertiary/aromatic N) is 4. The van der Waals surface area contributed by atoms with E-state index >= 15 is 0 Å². The molecule has 0 aliphatic heterocycles. The van der Waals surface area contributed by atoms with Gasteiger partial charge in [-0.1, -0.05) is 35.9 Å². The molecule has 0 amide bonds. The lowest BCUT2D eigenvalue weighted by molar-refractivity contribution is 0.304. The minimum atomic E-state index is 0.475. The quantitative estimate of drug-likeness (QED) is 0.330. The summed E-state index contributed by atoms with van der Waals surface area (Å²) in [5.41, 5.74) is 3.68. The molecule has 6 nitrogen and oxygen atoms in total. The molecule has 4 aromatic rings. The Kier molecular flexibility index (Phi) is 6.20. The highest BCUT2D eigenvalue weighted by atomic mass is 79.9. The van der Waals surface area contributed by atoms with Gasteiger partial charge >= 0.3 is 0 Å². The van der Waals surface area contributed by atoms with Crippen molar-refractivity contribution in [1.29, 1.82) is 0 Å². The smallest absolute Gasteiger partial charge is 0.247 e. The third-order valence-corrected chi connectivity index (χ3v) is 5.93. The van der Waals surface area contributed by atoms with E-state index in [0.717, 1.165) is 32.7 Å². The van der Waals surface area contributed by atoms with Gasteiger partial charge in [0, 0.05) is 18.5 Å². The first-order valence-corrected chi connectivity index (χ1v) is 10.7. The van der Waals surface area contributed by atoms with Crippen LogP contribution in [0.5, 0.6) is 5.75 Å². The standard InChI is InChI=1S/C22H20BrClN4O2/c1-14-21(24)15(2)28(27-14)12-11-20-25-26-22(30-20)17-9-7-16(8-10-17)13-29-19-6-4-3-5-18(19)23/h3-10H,11-13H2,1-2H3. The van der Waals surface area contributed by atoms with Crippen LogP contribution in [0.4, 0.5) is 0 Å². The topological polar surface area (TPSA) is 66.0 Å². The first-order chi connectivity index (χ1) is 14.5. The summed E-state index contributed by atoms with van der Waals surface area (Å²) in [6.07, 6.45) is 0.586. The van der Waals surface area contributed by atoms with E-state index in [1.54, 1.807) is 0 Å². The molecule has 4 rings (SSSR count). The molecule has 30 heavy (non-hydrogen) atoms. The number of rotatable bonds is 7. The van der Waals surface area contributed by atoms with E-state index in [1.165, 1.54) is 0 Å². The molecule has 154 valence electrons. The summed E-state index contributed by atoms with van der Waals surface area (Å²) < 4.78 is 14.5. The molecule has 0 saturated heterocycles. The van der Waals surface area contributed by atoms with Gasteiger partial charge in [0.25, 0.3) is 0 Å². The largest absolute Gasteiger partial charge is 0.488 e. The molecule has 0 atom stereocenters. The van der Waals surface area contributed by atoms with E-state index in [9.17, 15) is 0 Å². The molecule has 0 fully saturated rings. The molecule has 2 heterocycles. The predicted octanol–water partition coefficient (Wildman–Crippen LogP) is 5.79. The van der Waals surface area contributed by atoms with Gasteiger partial charge in [0.2, 0.25) is 11.8 Å². The fourth-order valence-corrected chi connectivity index (χ4v) is 3.57. The van der Waals surface area contributed by atoms with Crippen molar-refractivity contribution >= 4 is 27.5 Å². The minimum Gasteiger partial charge on any atom is -0.488 e. The number of benzene rings is 2. The highest BCUT2D eigenvalue weighted by Crippen LogP contribution is 2.25. The highest BCUT2D eigenvalue weighted by molar-refractivity contribution is 9.10. The van der Waals surface area contributed by atoms with E-state index in [2.05, 4.69) is 31.2 Å². The zero-order valence-corrected chi connectivity index (χ0v) is 18.9. The number of ether oxygens (including phenoxy) is 1. The first kappa shape index (κ1) is 20.6. The van der Waals surface area contributed by atoms with Crippen LogP contribution in [0.25, 0.3) is 11.5 Å². The Morgan fingerprint density at radius 1 is 1.07 bits per heavy atom. The van der Waals surface area contributed by atoms with Crippen LogP contribution in [0.15, 0.2) is 57.4 Å². The minimum absolute atomic E-state index is 0.475. The van der Waals surface area contributed by atoms with Crippen molar-refractivity contribution in [3.05, 3.63) is 80.9 Å². The SMILES string of the molecule is Cc1nn(CCc2nnc(-c3ccc(COc4ccccc4Br)cc3)o2)c(C)c1Cl. The van der Waals surface area contributed by atoms with E-state index < -0.39 is 0 Å². The van der Waals surface area contributed by atoms with Crippen LogP contribution < -0.4 is 4.74 Å². The summed E-state index contributed by atoms with van der Waals surface area (Å²) in [4.78, 5) is 0. The van der Waals surface area contributed by atoms with Gasteiger partial charge in [-0.05, 0) is 59.6 Å². The summed E-state index contributed by atoms with van der Waals surface area (Å²) in [6, 6.07) is 15.7. The van der Waals surface area contributed by atoms with E-state index in [4.69, 9.17) is 20.8 Å². The third-order valence-electron chi connectivity index (χ3n) is 4.73. The Labute approximate surface area is 188 Å². The lowest BCUT2D eigenvalue weighted by atomic mass is 10.1. The number of halogens is 2. The second-order valence-corrected chi connectivity index (χ2v) is 8.11. The number of aryl methyl sites for hydroxylation is 3. The van der Waals surface area contributed by atoms with Crippen LogP contribution in [0, 0.1) is 13.8 Å². The molecule has 0 bridgehead atoms. The summed E-state index contributed by atoms with van der Waals surface area (Å²) in [7, 11) is 0. The van der Waals surface area contributed by atoms with Gasteiger partial charge in [-0.25, -0.2) is 0 Å². The molecule has 0 N–H and O–H groups in total. The van der Waals surface area contributed by atoms with Gasteiger partial charge in [-0.2, -0.15) is 5.10 Å². The monoisotopic (exact) mass is 486 g/mol. The summed E-state index contributed by atoms with van der Waals surface area (Å²) >= 11 is 9.68. The Morgan fingerprint density at radius 3 is 2.53 bits per heavy atom. The molecule has 0 unspecified atom stereocenters. The highest BCUT2D eigenvalue weighted by Gasteiger charge is 2.12. The lowest BCUT2D eigenvalue weighted by Gasteiger charge is -2.08. The molecule has 0 aliphatic rings. The van der Waals surface area contributed by atoms with Gasteiger partial charge in [0.05, 0.1) is 20.9 Å². The third kappa shape index (κ3) is 4.57. The predicted molar refractivity (Wildman–Crippen MR) is 119 cm³/mol. The summed E-state index contributed by atoms with van der Waals surface area (Å²) in [6.45, 7) is 4.95. The van der Waals surface area contributed by atoms with Crippen molar-refractivity contribution in [1.82, 2.24) is 20.0 Å². The maximum absolute atomic E-state index is 6.20. The van der Waals surface area contributed by atoms with Crippen LogP contribution in [0.1, 0.15) is 22.8 Å². The number of aromatic nitrogens is 4. The second-order valence-electron chi connectivity index (χ2n) is 6.87. The molecule has 0 radical (unpaired) electrons. The Hall–Kier alpha value is -2.64. The van der Waals surface area contributed by atoms with Gasteiger partial charge in [0.15, 0.2) is 0 Å². The molecule has 2 aromatic heterocycles. The maximum atomic E-state index is 6.20. The van der Waals surface area contributed by atoms with Crippen molar-refractivity contribution in [2.75, 3.05) is 0 Å². The summed E-state index contributed by atoms with van der Waals surface area (Å²) in [5.74, 6) is 1.87. The molecule has 0 spiro atoms. The Bertz CT molecular complexity index is 1150. The fourth-order valence-electron chi connectivity index (χ4n) is 3.03. The number of hydrogen-bond donors (Lipinski definition) is 0. The molecule has 2 aromatic carbocycles. The van der Waals surface area contributed by atoms with E-state index in [0.29, 0.717) is 36.4 Å². The zero-order valence-electron chi connectivity index (χ0n) is 16.6. The van der Waals surface area contributed by atoms with E-state index in [-0.39, 0.29) is 0 Å². The molecule has 0 saturated carbocycles. The van der Waals surface area contributed by atoms with Crippen LogP contribution in [-0.4, -0.2) is 20.0 Å². The van der Waals surface area contributed by atoms with Gasteiger partial charge < -0.3 is 9.15 Å². The van der Waals surface area contributed by atoms with E-state index in [1.807, 2.05) is 67.1 Å². The average Bonchev–Trinajstić information content (AvgIpc) is 3.33. The summed E-state index contributed by atoms with van der Waals surface area (Å²) in [5, 5.41) is 13.4. The van der Waals surface area contributed by atoms with Crippen molar-refractivity contribution in [3.8, 4) is 17.2 Å². The van der Waals surface area contributed by atoms with Gasteiger partial charge in [0.1, 0.15) is 12.4 Å². The molecule has 8 heteroatoms. The fraction of sp³-hybridized carbons (Fsp3) is 0.227. The Morgan fingerprint density at radius 2 is 1.83 bits per heavy atom. The molecule has 0 aliphatic carbocycles. The average molecular weight is 488 g/mol. The molecular weight excluding hydrogens is 468 g/mol. The zero-order chi connectivity index (χ0) is 21.1. The normalized spacial score (nSPS) is 11.1.